The van der Waals surface area contributed by atoms with Crippen LogP contribution in [0.1, 0.15) is 20.7 Å². The van der Waals surface area contributed by atoms with Crippen LogP contribution in [-0.2, 0) is 4.74 Å². The molecule has 6 nitrogen and oxygen atoms in total. The molecule has 5 rings (SSSR count). The van der Waals surface area contributed by atoms with Crippen molar-refractivity contribution in [3.63, 3.8) is 0 Å². The maximum absolute atomic E-state index is 12.6. The van der Waals surface area contributed by atoms with Crippen LogP contribution in [0.2, 0.25) is 0 Å². The summed E-state index contributed by atoms with van der Waals surface area (Å²) in [7, 11) is 0. The molecule has 0 spiro atoms. The topological polar surface area (TPSA) is 62.7 Å². The average Bonchev–Trinajstić information content (AvgIpc) is 3.33. The molecule has 1 fully saturated rings. The fourth-order valence-electron chi connectivity index (χ4n) is 3.50. The molecule has 1 aromatic heterocycles. The Kier molecular flexibility index (Phi) is 4.18. The smallest absolute Gasteiger partial charge is 0.266 e. The number of anilines is 2. The van der Waals surface area contributed by atoms with Gasteiger partial charge in [-0.2, -0.15) is 0 Å². The monoisotopic (exact) mass is 391 g/mol. The van der Waals surface area contributed by atoms with Gasteiger partial charge in [-0.25, -0.2) is 9.88 Å². The molecule has 7 heteroatoms. The molecule has 0 saturated carbocycles. The maximum atomic E-state index is 12.6. The molecule has 28 heavy (non-hydrogen) atoms. The Balaban J connectivity index is 1.39. The third kappa shape index (κ3) is 2.80. The number of aromatic nitrogens is 1. The van der Waals surface area contributed by atoms with Gasteiger partial charge in [-0.05, 0) is 24.3 Å². The van der Waals surface area contributed by atoms with Gasteiger partial charge in [0.15, 0.2) is 5.13 Å². The number of morpholine rings is 1. The molecule has 3 aromatic rings. The number of benzene rings is 2. The van der Waals surface area contributed by atoms with E-state index in [1.54, 1.807) is 47.7 Å². The molecule has 0 radical (unpaired) electrons. The van der Waals surface area contributed by atoms with E-state index in [1.807, 2.05) is 17.5 Å². The van der Waals surface area contributed by atoms with E-state index in [-0.39, 0.29) is 11.8 Å². The molecule has 2 amide bonds. The van der Waals surface area contributed by atoms with Crippen molar-refractivity contribution in [1.82, 2.24) is 4.98 Å². The number of carbonyl (C=O) groups is 2. The van der Waals surface area contributed by atoms with Crippen molar-refractivity contribution in [3.8, 4) is 11.3 Å². The van der Waals surface area contributed by atoms with Crippen LogP contribution in [0.15, 0.2) is 53.9 Å². The molecule has 0 aliphatic carbocycles. The van der Waals surface area contributed by atoms with E-state index in [0.29, 0.717) is 16.8 Å². The minimum Gasteiger partial charge on any atom is -0.378 e. The summed E-state index contributed by atoms with van der Waals surface area (Å²) in [5.41, 5.74) is 3.31. The van der Waals surface area contributed by atoms with E-state index < -0.39 is 0 Å². The predicted molar refractivity (Wildman–Crippen MR) is 108 cm³/mol. The highest BCUT2D eigenvalue weighted by atomic mass is 32.1. The Labute approximate surface area is 166 Å². The van der Waals surface area contributed by atoms with Gasteiger partial charge in [-0.1, -0.05) is 24.3 Å². The molecule has 1 saturated heterocycles. The normalized spacial score (nSPS) is 16.6. The average molecular weight is 391 g/mol. The SMILES string of the molecule is O=C1c2ccccc2C(=O)N1c1ccc(-c2csc(N3CCOCC3)n2)cc1. The number of imide groups is 1. The molecule has 0 N–H and O–H groups in total. The Bertz CT molecular complexity index is 1020. The third-order valence-electron chi connectivity index (χ3n) is 4.99. The summed E-state index contributed by atoms with van der Waals surface area (Å²) in [6.45, 7) is 3.16. The summed E-state index contributed by atoms with van der Waals surface area (Å²) in [6.07, 6.45) is 0. The molecule has 2 aromatic carbocycles. The minimum atomic E-state index is -0.281. The molecule has 3 heterocycles. The lowest BCUT2D eigenvalue weighted by Gasteiger charge is -2.26. The highest BCUT2D eigenvalue weighted by molar-refractivity contribution is 7.14. The summed E-state index contributed by atoms with van der Waals surface area (Å²) in [5, 5.41) is 3.02. The molecular formula is C21H17N3O3S. The number of fused-ring (bicyclic) bond motifs is 1. The molecule has 140 valence electrons. The summed E-state index contributed by atoms with van der Waals surface area (Å²) in [6, 6.07) is 14.3. The third-order valence-corrected chi connectivity index (χ3v) is 5.89. The molecule has 2 aliphatic rings. The standard InChI is InChI=1S/C21H17N3O3S/c25-19-16-3-1-2-4-17(16)20(26)24(19)15-7-5-14(6-8-15)18-13-28-21(22-18)23-9-11-27-12-10-23/h1-8,13H,9-12H2. The number of nitrogens with zero attached hydrogens (tertiary/aromatic N) is 3. The van der Waals surface area contributed by atoms with Crippen molar-refractivity contribution in [3.05, 3.63) is 65.0 Å². The number of carbonyl (C=O) groups excluding carboxylic acids is 2. The summed E-state index contributed by atoms with van der Waals surface area (Å²) in [5.74, 6) is -0.562. The number of rotatable bonds is 3. The van der Waals surface area contributed by atoms with E-state index in [0.717, 1.165) is 42.7 Å². The lowest BCUT2D eigenvalue weighted by atomic mass is 10.1. The van der Waals surface area contributed by atoms with Gasteiger partial charge in [0, 0.05) is 24.0 Å². The Morgan fingerprint density at radius 2 is 1.54 bits per heavy atom. The largest absolute Gasteiger partial charge is 0.378 e. The quantitative estimate of drug-likeness (QED) is 0.640. The summed E-state index contributed by atoms with van der Waals surface area (Å²) < 4.78 is 5.39. The number of ether oxygens (including phenoxy) is 1. The second-order valence-electron chi connectivity index (χ2n) is 6.65. The van der Waals surface area contributed by atoms with Gasteiger partial charge in [0.1, 0.15) is 0 Å². The van der Waals surface area contributed by atoms with Gasteiger partial charge < -0.3 is 9.64 Å². The van der Waals surface area contributed by atoms with Crippen LogP contribution in [0.4, 0.5) is 10.8 Å². The Morgan fingerprint density at radius 1 is 0.893 bits per heavy atom. The van der Waals surface area contributed by atoms with Gasteiger partial charge in [-0.3, -0.25) is 9.59 Å². The first kappa shape index (κ1) is 17.1. The first-order valence-electron chi connectivity index (χ1n) is 9.09. The highest BCUT2D eigenvalue weighted by Crippen LogP contribution is 2.32. The number of amides is 2. The van der Waals surface area contributed by atoms with Crippen LogP contribution in [0.5, 0.6) is 0 Å². The predicted octanol–water partition coefficient (Wildman–Crippen LogP) is 3.45. The van der Waals surface area contributed by atoms with E-state index in [9.17, 15) is 9.59 Å². The highest BCUT2D eigenvalue weighted by Gasteiger charge is 2.36. The van der Waals surface area contributed by atoms with Gasteiger partial charge in [0.05, 0.1) is 35.7 Å². The number of thiazole rings is 1. The zero-order valence-electron chi connectivity index (χ0n) is 15.0. The van der Waals surface area contributed by atoms with Crippen molar-refractivity contribution < 1.29 is 14.3 Å². The van der Waals surface area contributed by atoms with Crippen LogP contribution in [0.3, 0.4) is 0 Å². The van der Waals surface area contributed by atoms with E-state index in [2.05, 4.69) is 4.90 Å². The second-order valence-corrected chi connectivity index (χ2v) is 7.49. The number of hydrogen-bond acceptors (Lipinski definition) is 6. The van der Waals surface area contributed by atoms with Crippen LogP contribution in [0, 0.1) is 0 Å². The van der Waals surface area contributed by atoms with Gasteiger partial charge in [0.25, 0.3) is 11.8 Å². The van der Waals surface area contributed by atoms with Crippen LogP contribution < -0.4 is 9.80 Å². The van der Waals surface area contributed by atoms with E-state index in [1.165, 1.54) is 4.90 Å². The fourth-order valence-corrected chi connectivity index (χ4v) is 4.39. The zero-order chi connectivity index (χ0) is 19.1. The van der Waals surface area contributed by atoms with Crippen molar-refractivity contribution in [2.45, 2.75) is 0 Å². The molecule has 0 unspecified atom stereocenters. The molecule has 0 atom stereocenters. The summed E-state index contributed by atoms with van der Waals surface area (Å²) in [4.78, 5) is 33.4. The van der Waals surface area contributed by atoms with Crippen molar-refractivity contribution >= 4 is 34.0 Å². The lowest BCUT2D eigenvalue weighted by molar-refractivity contribution is 0.0926. The first-order valence-corrected chi connectivity index (χ1v) is 9.97. The van der Waals surface area contributed by atoms with Gasteiger partial charge in [-0.15, -0.1) is 11.3 Å². The van der Waals surface area contributed by atoms with Crippen molar-refractivity contribution in [2.24, 2.45) is 0 Å². The van der Waals surface area contributed by atoms with Crippen molar-refractivity contribution in [2.75, 3.05) is 36.1 Å². The maximum Gasteiger partial charge on any atom is 0.266 e. The van der Waals surface area contributed by atoms with E-state index >= 15 is 0 Å². The van der Waals surface area contributed by atoms with Crippen LogP contribution in [0.25, 0.3) is 11.3 Å². The van der Waals surface area contributed by atoms with Crippen LogP contribution in [-0.4, -0.2) is 43.1 Å². The first-order chi connectivity index (χ1) is 13.7. The van der Waals surface area contributed by atoms with Crippen LogP contribution >= 0.6 is 11.3 Å². The number of hydrogen-bond donors (Lipinski definition) is 0. The second kappa shape index (κ2) is 6.85. The fraction of sp³-hybridized carbons (Fsp3) is 0.190. The van der Waals surface area contributed by atoms with E-state index in [4.69, 9.17) is 9.72 Å². The Hall–Kier alpha value is -3.03. The van der Waals surface area contributed by atoms with Gasteiger partial charge in [0.2, 0.25) is 0 Å². The zero-order valence-corrected chi connectivity index (χ0v) is 15.8. The van der Waals surface area contributed by atoms with Crippen molar-refractivity contribution in [1.29, 1.82) is 0 Å². The summed E-state index contributed by atoms with van der Waals surface area (Å²) >= 11 is 1.61. The van der Waals surface area contributed by atoms with Gasteiger partial charge >= 0.3 is 0 Å². The Morgan fingerprint density at radius 3 is 2.18 bits per heavy atom. The minimum absolute atomic E-state index is 0.281. The molecular weight excluding hydrogens is 374 g/mol. The molecule has 0 bridgehead atoms. The lowest BCUT2D eigenvalue weighted by Crippen LogP contribution is -2.36. The molecule has 2 aliphatic heterocycles.